The first-order chi connectivity index (χ1) is 9.43. The predicted molar refractivity (Wildman–Crippen MR) is 75.2 cm³/mol. The largest absolute Gasteiger partial charge is 0.496 e. The minimum Gasteiger partial charge on any atom is -0.496 e. The quantitative estimate of drug-likeness (QED) is 0.779. The van der Waals surface area contributed by atoms with Crippen molar-refractivity contribution in [2.45, 2.75) is 6.92 Å². The second kappa shape index (κ2) is 5.71. The van der Waals surface area contributed by atoms with Gasteiger partial charge in [-0.25, -0.2) is 8.78 Å². The number of halogens is 3. The third-order valence-electron chi connectivity index (χ3n) is 2.90. The number of rotatable bonds is 3. The lowest BCUT2D eigenvalue weighted by Gasteiger charge is -2.09. The van der Waals surface area contributed by atoms with E-state index in [9.17, 15) is 13.6 Å². The Kier molecular flexibility index (Phi) is 4.18. The lowest BCUT2D eigenvalue weighted by Crippen LogP contribution is -2.07. The van der Waals surface area contributed by atoms with E-state index in [1.165, 1.54) is 20.1 Å². The van der Waals surface area contributed by atoms with E-state index in [1.54, 1.807) is 18.2 Å². The predicted octanol–water partition coefficient (Wildman–Crippen LogP) is 4.28. The van der Waals surface area contributed by atoms with Crippen molar-refractivity contribution in [1.29, 1.82) is 0 Å². The first-order valence-corrected chi connectivity index (χ1v) is 6.57. The zero-order valence-electron chi connectivity index (χ0n) is 10.8. The molecule has 0 aliphatic heterocycles. The molecule has 5 heteroatoms. The molecule has 0 N–H and O–H groups in total. The topological polar surface area (TPSA) is 26.3 Å². The Labute approximate surface area is 123 Å². The number of benzene rings is 2. The highest BCUT2D eigenvalue weighted by atomic mass is 79.9. The van der Waals surface area contributed by atoms with E-state index in [4.69, 9.17) is 4.74 Å². The maximum absolute atomic E-state index is 13.8. The monoisotopic (exact) mass is 340 g/mol. The van der Waals surface area contributed by atoms with Crippen molar-refractivity contribution >= 4 is 21.7 Å². The Morgan fingerprint density at radius 3 is 2.45 bits per heavy atom. The van der Waals surface area contributed by atoms with Crippen molar-refractivity contribution in [3.8, 4) is 5.75 Å². The zero-order valence-corrected chi connectivity index (χ0v) is 12.4. The Balaban J connectivity index is 2.57. The van der Waals surface area contributed by atoms with Crippen LogP contribution in [0.1, 0.15) is 21.5 Å². The molecule has 0 aromatic heterocycles. The fourth-order valence-corrected chi connectivity index (χ4v) is 2.20. The molecule has 0 saturated heterocycles. The number of ketones is 1. The van der Waals surface area contributed by atoms with Crippen molar-refractivity contribution in [1.82, 2.24) is 0 Å². The summed E-state index contributed by atoms with van der Waals surface area (Å²) < 4.78 is 32.8. The van der Waals surface area contributed by atoms with Crippen LogP contribution in [0.2, 0.25) is 0 Å². The normalized spacial score (nSPS) is 10.4. The molecular formula is C15H11BrF2O2. The van der Waals surface area contributed by atoms with Gasteiger partial charge in [-0.2, -0.15) is 0 Å². The van der Waals surface area contributed by atoms with Gasteiger partial charge in [0.15, 0.2) is 5.78 Å². The standard InChI is InChI=1S/C15H11BrF2O2/c1-8-5-10(13(18)7-12(8)17)15(19)11-6-9(16)3-4-14(11)20-2/h3-7H,1-2H3. The van der Waals surface area contributed by atoms with E-state index in [0.29, 0.717) is 16.3 Å². The summed E-state index contributed by atoms with van der Waals surface area (Å²) in [6.45, 7) is 1.48. The van der Waals surface area contributed by atoms with Crippen molar-refractivity contribution in [2.75, 3.05) is 7.11 Å². The minimum atomic E-state index is -0.889. The number of carbonyl (C=O) groups is 1. The van der Waals surface area contributed by atoms with E-state index in [2.05, 4.69) is 15.9 Å². The molecule has 0 atom stereocenters. The van der Waals surface area contributed by atoms with E-state index >= 15 is 0 Å². The van der Waals surface area contributed by atoms with Gasteiger partial charge >= 0.3 is 0 Å². The molecule has 0 amide bonds. The van der Waals surface area contributed by atoms with Gasteiger partial charge in [0.2, 0.25) is 0 Å². The van der Waals surface area contributed by atoms with E-state index in [0.717, 1.165) is 0 Å². The number of methoxy groups -OCH3 is 1. The van der Waals surface area contributed by atoms with Crippen molar-refractivity contribution < 1.29 is 18.3 Å². The van der Waals surface area contributed by atoms with Crippen molar-refractivity contribution in [2.24, 2.45) is 0 Å². The molecule has 20 heavy (non-hydrogen) atoms. The number of hydrogen-bond donors (Lipinski definition) is 0. The number of aryl methyl sites for hydroxylation is 1. The molecule has 0 saturated carbocycles. The summed E-state index contributed by atoms with van der Waals surface area (Å²) in [6, 6.07) is 6.77. The Hall–Kier alpha value is -1.75. The van der Waals surface area contributed by atoms with Crippen LogP contribution >= 0.6 is 15.9 Å². The summed E-state index contributed by atoms with van der Waals surface area (Å²) in [4.78, 5) is 12.4. The summed E-state index contributed by atoms with van der Waals surface area (Å²) in [6.07, 6.45) is 0. The van der Waals surface area contributed by atoms with Crippen molar-refractivity contribution in [3.05, 3.63) is 63.1 Å². The van der Waals surface area contributed by atoms with Crippen LogP contribution in [-0.4, -0.2) is 12.9 Å². The molecule has 2 rings (SSSR count). The number of carbonyl (C=O) groups excluding carboxylic acids is 1. The molecule has 2 aromatic carbocycles. The fourth-order valence-electron chi connectivity index (χ4n) is 1.83. The Morgan fingerprint density at radius 1 is 1.10 bits per heavy atom. The van der Waals surface area contributed by atoms with Crippen LogP contribution in [0.3, 0.4) is 0 Å². The molecule has 0 aliphatic carbocycles. The van der Waals surface area contributed by atoms with E-state index < -0.39 is 17.4 Å². The average molecular weight is 341 g/mol. The first-order valence-electron chi connectivity index (χ1n) is 5.78. The molecule has 0 unspecified atom stereocenters. The van der Waals surface area contributed by atoms with Crippen LogP contribution in [0.4, 0.5) is 8.78 Å². The molecule has 104 valence electrons. The highest BCUT2D eigenvalue weighted by molar-refractivity contribution is 9.10. The highest BCUT2D eigenvalue weighted by Gasteiger charge is 2.20. The maximum Gasteiger partial charge on any atom is 0.199 e. The molecule has 2 aromatic rings. The van der Waals surface area contributed by atoms with Gasteiger partial charge in [-0.1, -0.05) is 15.9 Å². The number of ether oxygens (including phenoxy) is 1. The molecule has 0 spiro atoms. The summed E-state index contributed by atoms with van der Waals surface area (Å²) in [5.41, 5.74) is 0.246. The highest BCUT2D eigenvalue weighted by Crippen LogP contribution is 2.27. The summed E-state index contributed by atoms with van der Waals surface area (Å²) in [7, 11) is 1.42. The second-order valence-electron chi connectivity index (χ2n) is 4.25. The summed E-state index contributed by atoms with van der Waals surface area (Å²) >= 11 is 3.25. The molecule has 0 aliphatic rings. The van der Waals surface area contributed by atoms with Crippen LogP contribution in [0.25, 0.3) is 0 Å². The minimum absolute atomic E-state index is 0.180. The van der Waals surface area contributed by atoms with Gasteiger partial charge < -0.3 is 4.74 Å². The van der Waals surface area contributed by atoms with Gasteiger partial charge in [0.05, 0.1) is 18.2 Å². The zero-order chi connectivity index (χ0) is 14.9. The van der Waals surface area contributed by atoms with Crippen LogP contribution in [-0.2, 0) is 0 Å². The third kappa shape index (κ3) is 2.72. The summed E-state index contributed by atoms with van der Waals surface area (Å²) in [5.74, 6) is -1.79. The van der Waals surface area contributed by atoms with Gasteiger partial charge in [0, 0.05) is 10.5 Å². The van der Waals surface area contributed by atoms with Gasteiger partial charge in [0.25, 0.3) is 0 Å². The van der Waals surface area contributed by atoms with Crippen LogP contribution in [0.15, 0.2) is 34.8 Å². The molecule has 2 nitrogen and oxygen atoms in total. The second-order valence-corrected chi connectivity index (χ2v) is 5.17. The molecule has 0 radical (unpaired) electrons. The fraction of sp³-hybridized carbons (Fsp3) is 0.133. The average Bonchev–Trinajstić information content (AvgIpc) is 2.42. The summed E-state index contributed by atoms with van der Waals surface area (Å²) in [5, 5.41) is 0. The number of hydrogen-bond acceptors (Lipinski definition) is 2. The van der Waals surface area contributed by atoms with Gasteiger partial charge in [-0.15, -0.1) is 0 Å². The molecular weight excluding hydrogens is 330 g/mol. The molecule has 0 heterocycles. The molecule has 0 bridgehead atoms. The third-order valence-corrected chi connectivity index (χ3v) is 3.39. The van der Waals surface area contributed by atoms with Crippen LogP contribution in [0.5, 0.6) is 5.75 Å². The molecule has 0 fully saturated rings. The van der Waals surface area contributed by atoms with Gasteiger partial charge in [-0.05, 0) is 36.8 Å². The van der Waals surface area contributed by atoms with Crippen LogP contribution in [0, 0.1) is 18.6 Å². The SMILES string of the molecule is COc1ccc(Br)cc1C(=O)c1cc(C)c(F)cc1F. The van der Waals surface area contributed by atoms with Crippen LogP contribution < -0.4 is 4.74 Å². The maximum atomic E-state index is 13.8. The van der Waals surface area contributed by atoms with Gasteiger partial charge in [0.1, 0.15) is 17.4 Å². The first kappa shape index (κ1) is 14.7. The van der Waals surface area contributed by atoms with Gasteiger partial charge in [-0.3, -0.25) is 4.79 Å². The smallest absolute Gasteiger partial charge is 0.199 e. The van der Waals surface area contributed by atoms with E-state index in [-0.39, 0.29) is 16.7 Å². The lowest BCUT2D eigenvalue weighted by molar-refractivity contribution is 0.103. The van der Waals surface area contributed by atoms with E-state index in [1.807, 2.05) is 0 Å². The van der Waals surface area contributed by atoms with Crippen molar-refractivity contribution in [3.63, 3.8) is 0 Å². The Morgan fingerprint density at radius 2 is 1.80 bits per heavy atom. The lowest BCUT2D eigenvalue weighted by atomic mass is 10.00. The Bertz CT molecular complexity index is 684.